The van der Waals surface area contributed by atoms with E-state index in [0.717, 1.165) is 5.57 Å². The molecule has 0 bridgehead atoms. The Hall–Kier alpha value is -2.12. The Morgan fingerprint density at radius 2 is 1.91 bits per heavy atom. The van der Waals surface area contributed by atoms with Crippen molar-refractivity contribution >= 4 is 17.5 Å². The highest BCUT2D eigenvalue weighted by atomic mass is 19.1. The van der Waals surface area contributed by atoms with Crippen LogP contribution in [0.15, 0.2) is 35.5 Å². The number of rotatable bonds is 3. The zero-order chi connectivity index (χ0) is 24.0. The predicted octanol–water partition coefficient (Wildman–Crippen LogP) is 3.79. The Balaban J connectivity index is 1.59. The van der Waals surface area contributed by atoms with Gasteiger partial charge in [0.1, 0.15) is 6.17 Å². The molecule has 1 aliphatic heterocycles. The molecule has 6 nitrogen and oxygen atoms in total. The third kappa shape index (κ3) is 2.94. The number of hydrogen-bond donors (Lipinski definition) is 0. The average molecular weight is 459 g/mol. The standard InChI is InChI=1S/C26H31FO6/c1-14(28)31-13-21(30)26-22(32-23(2,3)33-26)12-18-16-11-20(27)19-10-15(29)6-8-24(19,4)17(16)7-9-25(18,26)5/h6-8,10,16,18,20,22H,9,11-13H2,1-5H3/t16?,18?,20-,22?,24+,25-,26?/m0/s1. The second kappa shape index (κ2) is 6.95. The smallest absolute Gasteiger partial charge is 0.303 e. The van der Waals surface area contributed by atoms with Gasteiger partial charge in [0.2, 0.25) is 5.78 Å². The average Bonchev–Trinajstić information content (AvgIpc) is 3.13. The Bertz CT molecular complexity index is 1040. The van der Waals surface area contributed by atoms with E-state index < -0.39 is 40.5 Å². The van der Waals surface area contributed by atoms with E-state index in [1.165, 1.54) is 19.1 Å². The van der Waals surface area contributed by atoms with Crippen LogP contribution in [-0.4, -0.2) is 47.8 Å². The van der Waals surface area contributed by atoms with E-state index in [9.17, 15) is 14.4 Å². The summed E-state index contributed by atoms with van der Waals surface area (Å²) < 4.78 is 33.2. The van der Waals surface area contributed by atoms with Gasteiger partial charge in [-0.1, -0.05) is 24.6 Å². The van der Waals surface area contributed by atoms with Crippen molar-refractivity contribution in [2.75, 3.05) is 6.61 Å². The van der Waals surface area contributed by atoms with Crippen LogP contribution >= 0.6 is 0 Å². The maximum atomic E-state index is 15.5. The fourth-order valence-corrected chi connectivity index (χ4v) is 7.41. The van der Waals surface area contributed by atoms with Crippen LogP contribution in [0.25, 0.3) is 0 Å². The summed E-state index contributed by atoms with van der Waals surface area (Å²) in [6.45, 7) is 8.47. The number of carbonyl (C=O) groups excluding carboxylic acids is 3. The largest absolute Gasteiger partial charge is 0.458 e. The van der Waals surface area contributed by atoms with Crippen LogP contribution in [0.2, 0.25) is 0 Å². The lowest BCUT2D eigenvalue weighted by Gasteiger charge is -2.54. The van der Waals surface area contributed by atoms with E-state index in [2.05, 4.69) is 6.08 Å². The normalized spacial score (nSPS) is 44.7. The molecule has 178 valence electrons. The van der Waals surface area contributed by atoms with Crippen LogP contribution in [0.3, 0.4) is 0 Å². The van der Waals surface area contributed by atoms with Gasteiger partial charge in [-0.05, 0) is 69.6 Å². The molecule has 0 amide bonds. The Labute approximate surface area is 193 Å². The van der Waals surface area contributed by atoms with Crippen molar-refractivity contribution < 1.29 is 33.0 Å². The number of allylic oxidation sites excluding steroid dienone is 6. The van der Waals surface area contributed by atoms with E-state index in [0.29, 0.717) is 18.4 Å². The van der Waals surface area contributed by atoms with Gasteiger partial charge in [0.25, 0.3) is 0 Å². The lowest BCUT2D eigenvalue weighted by Crippen LogP contribution is -2.60. The van der Waals surface area contributed by atoms with E-state index in [1.54, 1.807) is 13.8 Å². The van der Waals surface area contributed by atoms with E-state index in [1.807, 2.05) is 19.9 Å². The molecule has 0 aromatic heterocycles. The van der Waals surface area contributed by atoms with Crippen molar-refractivity contribution in [2.24, 2.45) is 22.7 Å². The highest BCUT2D eigenvalue weighted by Crippen LogP contribution is 2.69. The summed E-state index contributed by atoms with van der Waals surface area (Å²) in [6.07, 6.45) is 6.53. The quantitative estimate of drug-likeness (QED) is 0.473. The molecule has 1 saturated heterocycles. The van der Waals surface area contributed by atoms with Crippen LogP contribution in [0, 0.1) is 22.7 Å². The summed E-state index contributed by atoms with van der Waals surface area (Å²) in [5.41, 5.74) is -0.947. The molecule has 1 heterocycles. The van der Waals surface area contributed by atoms with Crippen molar-refractivity contribution in [3.8, 4) is 0 Å². The minimum Gasteiger partial charge on any atom is -0.458 e. The number of carbonyl (C=O) groups is 3. The molecular weight excluding hydrogens is 427 g/mol. The Kier molecular flexibility index (Phi) is 4.77. The number of fused-ring (bicyclic) bond motifs is 7. The lowest BCUT2D eigenvalue weighted by atomic mass is 9.51. The van der Waals surface area contributed by atoms with E-state index >= 15 is 4.39 Å². The van der Waals surface area contributed by atoms with Crippen molar-refractivity contribution in [1.29, 1.82) is 0 Å². The summed E-state index contributed by atoms with van der Waals surface area (Å²) in [5.74, 6) is -2.14. The molecule has 0 aromatic carbocycles. The zero-order valence-electron chi connectivity index (χ0n) is 19.8. The van der Waals surface area contributed by atoms with Gasteiger partial charge in [-0.2, -0.15) is 0 Å². The second-order valence-electron chi connectivity index (χ2n) is 11.0. The summed E-state index contributed by atoms with van der Waals surface area (Å²) in [6, 6.07) is 0. The predicted molar refractivity (Wildman–Crippen MR) is 117 cm³/mol. The van der Waals surface area contributed by atoms with Gasteiger partial charge in [-0.15, -0.1) is 0 Å². The van der Waals surface area contributed by atoms with Crippen LogP contribution in [0.4, 0.5) is 4.39 Å². The summed E-state index contributed by atoms with van der Waals surface area (Å²) in [4.78, 5) is 37.0. The second-order valence-corrected chi connectivity index (χ2v) is 11.0. The van der Waals surface area contributed by atoms with Crippen LogP contribution in [-0.2, 0) is 28.6 Å². The molecule has 5 rings (SSSR count). The fourth-order valence-electron chi connectivity index (χ4n) is 7.41. The van der Waals surface area contributed by atoms with Crippen LogP contribution < -0.4 is 0 Å². The topological polar surface area (TPSA) is 78.9 Å². The van der Waals surface area contributed by atoms with Crippen LogP contribution in [0.1, 0.15) is 53.9 Å². The maximum Gasteiger partial charge on any atom is 0.303 e. The number of hydrogen-bond acceptors (Lipinski definition) is 6. The minimum absolute atomic E-state index is 0.0532. The number of Topliss-reactive ketones (excluding diaryl/α,β-unsaturated/α-hetero) is 1. The van der Waals surface area contributed by atoms with Gasteiger partial charge < -0.3 is 14.2 Å². The number of ketones is 2. The molecule has 7 heteroatoms. The van der Waals surface area contributed by atoms with E-state index in [-0.39, 0.29) is 36.4 Å². The first-order valence-electron chi connectivity index (χ1n) is 11.7. The van der Waals surface area contributed by atoms with Gasteiger partial charge in [-0.3, -0.25) is 14.4 Å². The molecule has 4 aliphatic carbocycles. The number of esters is 1. The molecular formula is C26H31FO6. The van der Waals surface area contributed by atoms with Gasteiger partial charge in [-0.25, -0.2) is 4.39 Å². The Morgan fingerprint density at radius 3 is 2.61 bits per heavy atom. The molecule has 7 atom stereocenters. The molecule has 5 aliphatic rings. The summed E-state index contributed by atoms with van der Waals surface area (Å²) in [7, 11) is 0. The van der Waals surface area contributed by atoms with Crippen molar-refractivity contribution in [3.63, 3.8) is 0 Å². The zero-order valence-corrected chi connectivity index (χ0v) is 19.8. The molecule has 3 fully saturated rings. The van der Waals surface area contributed by atoms with Crippen molar-refractivity contribution in [1.82, 2.24) is 0 Å². The maximum absolute atomic E-state index is 15.5. The third-order valence-electron chi connectivity index (χ3n) is 8.75. The SMILES string of the molecule is CC(=O)OCC(=O)C12OC(C)(C)OC1CC1C3C[C@H](F)C4=CC(=O)C=C[C@]4(C)C3=CC[C@@]12C. The molecule has 2 saturated carbocycles. The first-order valence-corrected chi connectivity index (χ1v) is 11.7. The number of alkyl halides is 1. The fraction of sp³-hybridized carbons (Fsp3) is 0.654. The first-order chi connectivity index (χ1) is 15.3. The molecule has 0 radical (unpaired) electrons. The van der Waals surface area contributed by atoms with Crippen LogP contribution in [0.5, 0.6) is 0 Å². The highest BCUT2D eigenvalue weighted by molar-refractivity contribution is 6.01. The number of halogens is 1. The van der Waals surface area contributed by atoms with Crippen molar-refractivity contribution in [3.05, 3.63) is 35.5 Å². The molecule has 0 aromatic rings. The third-order valence-corrected chi connectivity index (χ3v) is 8.75. The van der Waals surface area contributed by atoms with Gasteiger partial charge in [0, 0.05) is 17.8 Å². The lowest BCUT2D eigenvalue weighted by molar-refractivity contribution is -0.207. The van der Waals surface area contributed by atoms with Gasteiger partial charge >= 0.3 is 5.97 Å². The van der Waals surface area contributed by atoms with Gasteiger partial charge in [0.05, 0.1) is 6.10 Å². The Morgan fingerprint density at radius 1 is 1.18 bits per heavy atom. The minimum atomic E-state index is -1.28. The highest BCUT2D eigenvalue weighted by Gasteiger charge is 2.75. The summed E-state index contributed by atoms with van der Waals surface area (Å²) >= 11 is 0. The molecule has 4 unspecified atom stereocenters. The van der Waals surface area contributed by atoms with E-state index in [4.69, 9.17) is 14.2 Å². The monoisotopic (exact) mass is 458 g/mol. The number of ether oxygens (including phenoxy) is 3. The first kappa shape index (κ1) is 22.7. The molecule has 33 heavy (non-hydrogen) atoms. The van der Waals surface area contributed by atoms with Gasteiger partial charge in [0.15, 0.2) is 23.8 Å². The summed E-state index contributed by atoms with van der Waals surface area (Å²) in [5, 5.41) is 0. The molecule has 0 N–H and O–H groups in total. The van der Waals surface area contributed by atoms with Crippen molar-refractivity contribution in [2.45, 2.75) is 77.5 Å². The molecule has 0 spiro atoms.